The average Bonchev–Trinajstić information content (AvgIpc) is 2.26. The van der Waals surface area contributed by atoms with Crippen LogP contribution < -0.4 is 5.32 Å². The van der Waals surface area contributed by atoms with Crippen LogP contribution in [0.25, 0.3) is 0 Å². The second-order valence-electron chi connectivity index (χ2n) is 2.52. The van der Waals surface area contributed by atoms with Gasteiger partial charge >= 0.3 is 12.0 Å². The normalized spacial score (nSPS) is 13.9. The highest BCUT2D eigenvalue weighted by Crippen LogP contribution is 1.95. The third-order valence-electron chi connectivity index (χ3n) is 1.56. The summed E-state index contributed by atoms with van der Waals surface area (Å²) in [7, 11) is 1.26. The van der Waals surface area contributed by atoms with E-state index in [-0.39, 0.29) is 19.2 Å². The number of hydrogen-bond donors (Lipinski definition) is 1. The topological polar surface area (TPSA) is 71.0 Å². The van der Waals surface area contributed by atoms with Crippen molar-refractivity contribution in [1.29, 1.82) is 0 Å². The molecule has 0 spiro atoms. The van der Waals surface area contributed by atoms with Crippen LogP contribution >= 0.6 is 0 Å². The van der Waals surface area contributed by atoms with Crippen LogP contribution in [-0.4, -0.2) is 43.4 Å². The van der Waals surface area contributed by atoms with Gasteiger partial charge in [0.05, 0.1) is 7.11 Å². The Morgan fingerprint density at radius 2 is 2.43 bits per heavy atom. The molecular formula is C8H11N3O3. The van der Waals surface area contributed by atoms with Crippen molar-refractivity contribution in [1.82, 2.24) is 10.2 Å². The minimum Gasteiger partial charge on any atom is -0.468 e. The average molecular weight is 197 g/mol. The van der Waals surface area contributed by atoms with Crippen molar-refractivity contribution in [3.05, 3.63) is 12.3 Å². The van der Waals surface area contributed by atoms with Crippen LogP contribution in [0.3, 0.4) is 0 Å². The molecule has 1 heterocycles. The van der Waals surface area contributed by atoms with Crippen molar-refractivity contribution < 1.29 is 14.3 Å². The first-order valence-electron chi connectivity index (χ1n) is 4.02. The fourth-order valence-corrected chi connectivity index (χ4v) is 0.839. The molecule has 1 aliphatic heterocycles. The summed E-state index contributed by atoms with van der Waals surface area (Å²) in [6.45, 7) is 0.132. The second kappa shape index (κ2) is 5.00. The molecule has 0 aromatic heterocycles. The summed E-state index contributed by atoms with van der Waals surface area (Å²) in [5.41, 5.74) is 0. The molecule has 0 aromatic carbocycles. The highest BCUT2D eigenvalue weighted by Gasteiger charge is 2.11. The maximum absolute atomic E-state index is 11.3. The molecule has 14 heavy (non-hydrogen) atoms. The van der Waals surface area contributed by atoms with Gasteiger partial charge in [0.25, 0.3) is 0 Å². The molecule has 1 rings (SSSR count). The van der Waals surface area contributed by atoms with E-state index in [4.69, 9.17) is 0 Å². The van der Waals surface area contributed by atoms with Crippen LogP contribution in [0.2, 0.25) is 0 Å². The predicted octanol–water partition coefficient (Wildman–Crippen LogP) is -0.273. The molecule has 0 bridgehead atoms. The van der Waals surface area contributed by atoms with Gasteiger partial charge in [0.1, 0.15) is 13.2 Å². The molecule has 0 saturated carbocycles. The predicted molar refractivity (Wildman–Crippen MR) is 49.8 cm³/mol. The Kier molecular flexibility index (Phi) is 3.66. The van der Waals surface area contributed by atoms with Crippen molar-refractivity contribution >= 4 is 18.2 Å². The summed E-state index contributed by atoms with van der Waals surface area (Å²) in [5.74, 6) is -0.483. The number of nitrogens with zero attached hydrogens (tertiary/aromatic N) is 2. The molecule has 0 unspecified atom stereocenters. The number of hydrogen-bond acceptors (Lipinski definition) is 4. The first-order chi connectivity index (χ1) is 6.74. The van der Waals surface area contributed by atoms with Gasteiger partial charge in [-0.1, -0.05) is 0 Å². The second-order valence-corrected chi connectivity index (χ2v) is 2.52. The van der Waals surface area contributed by atoms with Gasteiger partial charge in [-0.2, -0.15) is 0 Å². The summed E-state index contributed by atoms with van der Waals surface area (Å²) in [6.07, 6.45) is 4.82. The molecule has 6 nitrogen and oxygen atoms in total. The Morgan fingerprint density at radius 1 is 1.64 bits per heavy atom. The Balaban J connectivity index is 2.31. The number of carbonyl (C=O) groups excluding carboxylic acids is 2. The van der Waals surface area contributed by atoms with Gasteiger partial charge in [-0.15, -0.1) is 0 Å². The summed E-state index contributed by atoms with van der Waals surface area (Å²) in [4.78, 5) is 27.2. The van der Waals surface area contributed by atoms with Crippen LogP contribution in [-0.2, 0) is 9.53 Å². The van der Waals surface area contributed by atoms with E-state index >= 15 is 0 Å². The lowest BCUT2D eigenvalue weighted by atomic mass is 10.5. The van der Waals surface area contributed by atoms with E-state index in [9.17, 15) is 9.59 Å². The first kappa shape index (κ1) is 10.2. The number of nitrogens with one attached hydrogen (secondary N) is 1. The largest absolute Gasteiger partial charge is 0.468 e. The lowest BCUT2D eigenvalue weighted by Crippen LogP contribution is -2.40. The van der Waals surface area contributed by atoms with Crippen molar-refractivity contribution in [2.24, 2.45) is 4.99 Å². The van der Waals surface area contributed by atoms with E-state index in [0.29, 0.717) is 0 Å². The third kappa shape index (κ3) is 2.89. The number of ether oxygens (including phenoxy) is 1. The molecule has 0 aromatic rings. The standard InChI is InChI=1S/C8H11N3O3/c1-14-7(12)5-10-8(13)11-4-2-3-9-6-11/h2-4H,5-6H2,1H3,(H,10,13). The lowest BCUT2D eigenvalue weighted by molar-refractivity contribution is -0.139. The van der Waals surface area contributed by atoms with E-state index in [1.807, 2.05) is 0 Å². The Labute approximate surface area is 81.2 Å². The highest BCUT2D eigenvalue weighted by molar-refractivity contribution is 5.83. The van der Waals surface area contributed by atoms with Crippen LogP contribution in [0.1, 0.15) is 0 Å². The van der Waals surface area contributed by atoms with Gasteiger partial charge < -0.3 is 10.1 Å². The van der Waals surface area contributed by atoms with Crippen LogP contribution in [0.15, 0.2) is 17.3 Å². The molecule has 0 fully saturated rings. The third-order valence-corrected chi connectivity index (χ3v) is 1.56. The quantitative estimate of drug-likeness (QED) is 0.619. The highest BCUT2D eigenvalue weighted by atomic mass is 16.5. The first-order valence-corrected chi connectivity index (χ1v) is 4.02. The Bertz CT molecular complexity index is 286. The fraction of sp³-hybridized carbons (Fsp3) is 0.375. The van der Waals surface area contributed by atoms with Gasteiger partial charge in [0.15, 0.2) is 0 Å². The minimum atomic E-state index is -0.483. The van der Waals surface area contributed by atoms with Gasteiger partial charge in [0.2, 0.25) is 0 Å². The minimum absolute atomic E-state index is 0.136. The maximum atomic E-state index is 11.3. The number of rotatable bonds is 2. The van der Waals surface area contributed by atoms with Crippen molar-refractivity contribution in [2.75, 3.05) is 20.3 Å². The number of methoxy groups -OCH3 is 1. The number of allylic oxidation sites excluding steroid dienone is 1. The number of esters is 1. The van der Waals surface area contributed by atoms with Crippen molar-refractivity contribution in [3.63, 3.8) is 0 Å². The summed E-state index contributed by atoms with van der Waals surface area (Å²) >= 11 is 0. The fourth-order valence-electron chi connectivity index (χ4n) is 0.839. The van der Waals surface area contributed by atoms with Crippen molar-refractivity contribution in [2.45, 2.75) is 0 Å². The molecule has 2 amide bonds. The zero-order chi connectivity index (χ0) is 10.4. The van der Waals surface area contributed by atoms with E-state index in [1.54, 1.807) is 18.5 Å². The molecule has 6 heteroatoms. The summed E-state index contributed by atoms with van der Waals surface area (Å²) in [5, 5.41) is 2.39. The van der Waals surface area contributed by atoms with Gasteiger partial charge in [-0.05, 0) is 6.08 Å². The summed E-state index contributed by atoms with van der Waals surface area (Å²) < 4.78 is 4.37. The number of urea groups is 1. The number of aliphatic imine (C=N–C) groups is 1. The van der Waals surface area contributed by atoms with Gasteiger partial charge in [-0.25, -0.2) is 4.79 Å². The van der Waals surface area contributed by atoms with Crippen LogP contribution in [0.5, 0.6) is 0 Å². The van der Waals surface area contributed by atoms with Crippen LogP contribution in [0, 0.1) is 0 Å². The smallest absolute Gasteiger partial charge is 0.325 e. The molecule has 0 atom stereocenters. The SMILES string of the molecule is COC(=O)CNC(=O)N1C=CC=NC1. The zero-order valence-corrected chi connectivity index (χ0v) is 7.77. The lowest BCUT2D eigenvalue weighted by Gasteiger charge is -2.17. The van der Waals surface area contributed by atoms with Crippen LogP contribution in [0.4, 0.5) is 4.79 Å². The molecule has 76 valence electrons. The number of amides is 2. The molecule has 1 aliphatic rings. The molecule has 1 N–H and O–H groups in total. The van der Waals surface area contributed by atoms with Gasteiger partial charge in [-0.3, -0.25) is 14.7 Å². The molecule has 0 radical (unpaired) electrons. The summed E-state index contributed by atoms with van der Waals surface area (Å²) in [6, 6.07) is -0.372. The van der Waals surface area contributed by atoms with E-state index in [2.05, 4.69) is 15.0 Å². The van der Waals surface area contributed by atoms with E-state index in [0.717, 1.165) is 0 Å². The molecular weight excluding hydrogens is 186 g/mol. The molecule has 0 saturated heterocycles. The van der Waals surface area contributed by atoms with E-state index < -0.39 is 5.97 Å². The number of carbonyl (C=O) groups is 2. The Morgan fingerprint density at radius 3 is 3.00 bits per heavy atom. The monoisotopic (exact) mass is 197 g/mol. The maximum Gasteiger partial charge on any atom is 0.325 e. The zero-order valence-electron chi connectivity index (χ0n) is 7.77. The van der Waals surface area contributed by atoms with Gasteiger partial charge in [0, 0.05) is 12.4 Å². The van der Waals surface area contributed by atoms with Crippen molar-refractivity contribution in [3.8, 4) is 0 Å². The van der Waals surface area contributed by atoms with E-state index in [1.165, 1.54) is 12.0 Å². The molecule has 0 aliphatic carbocycles. The Hall–Kier alpha value is -1.85.